The molecule has 5 heteroatoms. The lowest BCUT2D eigenvalue weighted by molar-refractivity contribution is -0.117. The summed E-state index contributed by atoms with van der Waals surface area (Å²) in [6.07, 6.45) is 3.68. The molecule has 1 aromatic heterocycles. The van der Waals surface area contributed by atoms with Crippen molar-refractivity contribution in [3.05, 3.63) is 47.5 Å². The molecule has 0 saturated carbocycles. The number of imidazole rings is 1. The van der Waals surface area contributed by atoms with E-state index in [4.69, 9.17) is 0 Å². The number of hydrogen-bond acceptors (Lipinski definition) is 3. The Labute approximate surface area is 110 Å². The number of amides is 1. The van der Waals surface area contributed by atoms with Crippen LogP contribution in [0.25, 0.3) is 0 Å². The molecular weight excluding hydrogens is 242 g/mol. The fraction of sp³-hybridized carbons (Fsp3) is 0.214. The van der Waals surface area contributed by atoms with E-state index in [1.807, 2.05) is 6.07 Å². The Hall–Kier alpha value is -2.43. The number of rotatable bonds is 2. The Bertz CT molecular complexity index is 688. The zero-order valence-corrected chi connectivity index (χ0v) is 10.8. The molecule has 96 valence electrons. The van der Waals surface area contributed by atoms with Crippen LogP contribution in [0.2, 0.25) is 0 Å². The van der Waals surface area contributed by atoms with Crippen LogP contribution in [0.15, 0.2) is 30.6 Å². The molecule has 0 bridgehead atoms. The van der Waals surface area contributed by atoms with Gasteiger partial charge in [0.1, 0.15) is 0 Å². The van der Waals surface area contributed by atoms with E-state index < -0.39 is 0 Å². The van der Waals surface area contributed by atoms with Gasteiger partial charge in [-0.1, -0.05) is 0 Å². The van der Waals surface area contributed by atoms with Gasteiger partial charge in [0.05, 0.1) is 6.42 Å². The number of fused-ring (bicyclic) bond motifs is 1. The van der Waals surface area contributed by atoms with E-state index in [2.05, 4.69) is 4.98 Å². The van der Waals surface area contributed by atoms with Crippen molar-refractivity contribution in [2.24, 2.45) is 7.05 Å². The zero-order chi connectivity index (χ0) is 13.6. The van der Waals surface area contributed by atoms with Crippen LogP contribution in [-0.4, -0.2) is 28.3 Å². The van der Waals surface area contributed by atoms with Crippen LogP contribution in [0.3, 0.4) is 0 Å². The van der Waals surface area contributed by atoms with Crippen LogP contribution < -0.4 is 4.90 Å². The summed E-state index contributed by atoms with van der Waals surface area (Å²) >= 11 is 0. The zero-order valence-electron chi connectivity index (χ0n) is 10.8. The van der Waals surface area contributed by atoms with Crippen LogP contribution in [0.1, 0.15) is 21.7 Å². The fourth-order valence-electron chi connectivity index (χ4n) is 2.32. The van der Waals surface area contributed by atoms with Gasteiger partial charge in [-0.25, -0.2) is 4.98 Å². The van der Waals surface area contributed by atoms with Gasteiger partial charge in [0, 0.05) is 37.7 Å². The third kappa shape index (κ3) is 1.74. The van der Waals surface area contributed by atoms with Gasteiger partial charge in [-0.15, -0.1) is 0 Å². The molecule has 0 aliphatic carbocycles. The predicted molar refractivity (Wildman–Crippen MR) is 70.2 cm³/mol. The monoisotopic (exact) mass is 255 g/mol. The van der Waals surface area contributed by atoms with Crippen molar-refractivity contribution < 1.29 is 9.59 Å². The number of benzene rings is 1. The largest absolute Gasteiger partial charge is 0.331 e. The maximum atomic E-state index is 12.3. The van der Waals surface area contributed by atoms with Crippen molar-refractivity contribution in [2.75, 3.05) is 11.9 Å². The predicted octanol–water partition coefficient (Wildman–Crippen LogP) is 1.17. The summed E-state index contributed by atoms with van der Waals surface area (Å²) in [4.78, 5) is 29.6. The van der Waals surface area contributed by atoms with Gasteiger partial charge in [0.15, 0.2) is 5.82 Å². The molecule has 0 fully saturated rings. The molecule has 1 aromatic carbocycles. The fourth-order valence-corrected chi connectivity index (χ4v) is 2.32. The molecule has 0 unspecified atom stereocenters. The van der Waals surface area contributed by atoms with Gasteiger partial charge in [0.2, 0.25) is 11.7 Å². The molecule has 0 spiro atoms. The standard InChI is InChI=1S/C14H13N3O2/c1-16-6-5-15-14(16)13(19)9-3-4-11-10(7-9)8-12(18)17(11)2/h3-7H,8H2,1-2H3. The normalized spacial score (nSPS) is 13.8. The topological polar surface area (TPSA) is 55.2 Å². The van der Waals surface area contributed by atoms with Crippen molar-refractivity contribution >= 4 is 17.4 Å². The minimum atomic E-state index is -0.127. The summed E-state index contributed by atoms with van der Waals surface area (Å²) in [5.41, 5.74) is 2.34. The van der Waals surface area contributed by atoms with Gasteiger partial charge in [-0.3, -0.25) is 9.59 Å². The van der Waals surface area contributed by atoms with E-state index in [1.165, 1.54) is 0 Å². The Morgan fingerprint density at radius 2 is 2.11 bits per heavy atom. The van der Waals surface area contributed by atoms with Gasteiger partial charge in [0.25, 0.3) is 0 Å². The van der Waals surface area contributed by atoms with Crippen LogP contribution in [0, 0.1) is 0 Å². The smallest absolute Gasteiger partial charge is 0.231 e. The molecule has 5 nitrogen and oxygen atoms in total. The molecule has 1 aliphatic rings. The van der Waals surface area contributed by atoms with Crippen molar-refractivity contribution in [1.82, 2.24) is 9.55 Å². The Balaban J connectivity index is 2.01. The summed E-state index contributed by atoms with van der Waals surface area (Å²) in [6.45, 7) is 0. The first-order chi connectivity index (χ1) is 9.08. The quantitative estimate of drug-likeness (QED) is 0.757. The van der Waals surface area contributed by atoms with Gasteiger partial charge < -0.3 is 9.47 Å². The van der Waals surface area contributed by atoms with Gasteiger partial charge in [-0.2, -0.15) is 0 Å². The van der Waals surface area contributed by atoms with Crippen molar-refractivity contribution in [1.29, 1.82) is 0 Å². The molecule has 0 radical (unpaired) electrons. The van der Waals surface area contributed by atoms with Gasteiger partial charge >= 0.3 is 0 Å². The highest BCUT2D eigenvalue weighted by Crippen LogP contribution is 2.28. The van der Waals surface area contributed by atoms with E-state index in [0.29, 0.717) is 17.8 Å². The van der Waals surface area contributed by atoms with E-state index in [9.17, 15) is 9.59 Å². The maximum absolute atomic E-state index is 12.3. The molecule has 0 N–H and O–H groups in total. The highest BCUT2D eigenvalue weighted by molar-refractivity contribution is 6.08. The Kier molecular flexibility index (Phi) is 2.48. The summed E-state index contributed by atoms with van der Waals surface area (Å²) in [7, 11) is 3.53. The van der Waals surface area contributed by atoms with Crippen molar-refractivity contribution in [2.45, 2.75) is 6.42 Å². The number of ketones is 1. The van der Waals surface area contributed by atoms with E-state index >= 15 is 0 Å². The number of aryl methyl sites for hydroxylation is 1. The minimum absolute atomic E-state index is 0.0524. The first-order valence-corrected chi connectivity index (χ1v) is 5.99. The first kappa shape index (κ1) is 11.6. The minimum Gasteiger partial charge on any atom is -0.331 e. The SMILES string of the molecule is CN1C(=O)Cc2cc(C(=O)c3nccn3C)ccc21. The molecule has 2 heterocycles. The Morgan fingerprint density at radius 3 is 2.79 bits per heavy atom. The highest BCUT2D eigenvalue weighted by Gasteiger charge is 2.25. The molecule has 0 saturated heterocycles. The molecule has 0 atom stereocenters. The molecular formula is C14H13N3O2. The molecule has 1 aliphatic heterocycles. The molecule has 19 heavy (non-hydrogen) atoms. The van der Waals surface area contributed by atoms with Crippen molar-refractivity contribution in [3.8, 4) is 0 Å². The summed E-state index contributed by atoms with van der Waals surface area (Å²) in [5.74, 6) is 0.325. The molecule has 2 aromatic rings. The number of nitrogens with zero attached hydrogens (tertiary/aromatic N) is 3. The van der Waals surface area contributed by atoms with E-state index in [-0.39, 0.29) is 11.7 Å². The van der Waals surface area contributed by atoms with Crippen LogP contribution in [-0.2, 0) is 18.3 Å². The second-order valence-electron chi connectivity index (χ2n) is 4.66. The second-order valence-corrected chi connectivity index (χ2v) is 4.66. The number of aromatic nitrogens is 2. The highest BCUT2D eigenvalue weighted by atomic mass is 16.2. The maximum Gasteiger partial charge on any atom is 0.231 e. The average molecular weight is 255 g/mol. The van der Waals surface area contributed by atoms with Crippen LogP contribution in [0.4, 0.5) is 5.69 Å². The van der Waals surface area contributed by atoms with Crippen LogP contribution in [0.5, 0.6) is 0 Å². The third-order valence-electron chi connectivity index (χ3n) is 3.44. The average Bonchev–Trinajstić information content (AvgIpc) is 2.93. The first-order valence-electron chi connectivity index (χ1n) is 5.99. The summed E-state index contributed by atoms with van der Waals surface area (Å²) in [5, 5.41) is 0. The van der Waals surface area contributed by atoms with E-state index in [0.717, 1.165) is 11.3 Å². The number of carbonyl (C=O) groups excluding carboxylic acids is 2. The summed E-state index contributed by atoms with van der Waals surface area (Å²) < 4.78 is 1.69. The number of carbonyl (C=O) groups is 2. The summed E-state index contributed by atoms with van der Waals surface area (Å²) in [6, 6.07) is 5.34. The molecule has 3 rings (SSSR count). The number of likely N-dealkylation sites (N-methyl/N-ethyl adjacent to an activating group) is 1. The van der Waals surface area contributed by atoms with Crippen LogP contribution >= 0.6 is 0 Å². The van der Waals surface area contributed by atoms with E-state index in [1.54, 1.807) is 48.1 Å². The lowest BCUT2D eigenvalue weighted by Gasteiger charge is -2.10. The molecule has 1 amide bonds. The second kappa shape index (κ2) is 4.05. The lowest BCUT2D eigenvalue weighted by atomic mass is 10.0. The number of anilines is 1. The number of hydrogen-bond donors (Lipinski definition) is 0. The lowest BCUT2D eigenvalue weighted by Crippen LogP contribution is -2.20. The Morgan fingerprint density at radius 1 is 1.32 bits per heavy atom. The van der Waals surface area contributed by atoms with Gasteiger partial charge in [-0.05, 0) is 23.8 Å². The third-order valence-corrected chi connectivity index (χ3v) is 3.44. The van der Waals surface area contributed by atoms with Crippen molar-refractivity contribution in [3.63, 3.8) is 0 Å².